The Morgan fingerprint density at radius 3 is 2.00 bits per heavy atom. The van der Waals surface area contributed by atoms with Crippen molar-refractivity contribution in [2.75, 3.05) is 26.2 Å². The second kappa shape index (κ2) is 17.0. The van der Waals surface area contributed by atoms with E-state index in [4.69, 9.17) is 0 Å². The highest BCUT2D eigenvalue weighted by Gasteiger charge is 2.39. The third-order valence-corrected chi connectivity index (χ3v) is 9.26. The second-order valence-electron chi connectivity index (χ2n) is 13.4. The van der Waals surface area contributed by atoms with Gasteiger partial charge in [-0.15, -0.1) is 0 Å². The van der Waals surface area contributed by atoms with Gasteiger partial charge in [0.05, 0.1) is 19.6 Å². The molecule has 0 unspecified atom stereocenters. The maximum absolute atomic E-state index is 14.1. The molecule has 0 aliphatic carbocycles. The van der Waals surface area contributed by atoms with Crippen molar-refractivity contribution in [1.82, 2.24) is 41.8 Å². The summed E-state index contributed by atoms with van der Waals surface area (Å²) in [7, 11) is 0. The van der Waals surface area contributed by atoms with Crippen LogP contribution in [0, 0.1) is 5.92 Å². The number of nitrogens with zero attached hydrogens (tertiary/aromatic N) is 1. The van der Waals surface area contributed by atoms with Gasteiger partial charge in [0.2, 0.25) is 41.4 Å². The minimum atomic E-state index is -1.67. The van der Waals surface area contributed by atoms with Crippen molar-refractivity contribution in [3.8, 4) is 5.75 Å². The SMILES string of the molecule is CC(C)[C@@H]1NC(=O)CNC(=O)[C@H]2CCCN2C(=O)[C@@H](Cc2c[nH]c3ccccc23)NC(=O)CNC(=O)[C@H]([C@H](O)c2ccc(O)cc2)NC(=O)CNC1=O. The van der Waals surface area contributed by atoms with E-state index in [0.29, 0.717) is 18.4 Å². The van der Waals surface area contributed by atoms with E-state index < -0.39 is 97.2 Å². The Kier molecular flexibility index (Phi) is 12.3. The first kappa shape index (κ1) is 38.3. The molecule has 17 heteroatoms. The quantitative estimate of drug-likeness (QED) is 0.150. The molecule has 1 aromatic heterocycles. The molecule has 2 aromatic carbocycles. The molecule has 0 bridgehead atoms. The number of rotatable bonds is 5. The fraction of sp³-hybridized carbons (Fsp3) is 0.417. The predicted octanol–water partition coefficient (Wildman–Crippen LogP) is -1.39. The summed E-state index contributed by atoms with van der Waals surface area (Å²) in [6.45, 7) is 1.76. The van der Waals surface area contributed by atoms with E-state index in [9.17, 15) is 43.8 Å². The first-order valence-corrected chi connectivity index (χ1v) is 17.4. The molecule has 17 nitrogen and oxygen atoms in total. The van der Waals surface area contributed by atoms with Crippen LogP contribution < -0.4 is 31.9 Å². The number of nitrogens with one attached hydrogen (secondary N) is 7. The molecule has 53 heavy (non-hydrogen) atoms. The van der Waals surface area contributed by atoms with Gasteiger partial charge in [0.15, 0.2) is 0 Å². The number of fused-ring (bicyclic) bond motifs is 2. The average molecular weight is 733 g/mol. The Bertz CT molecular complexity index is 1860. The van der Waals surface area contributed by atoms with Crippen LogP contribution in [0.25, 0.3) is 10.9 Å². The lowest BCUT2D eigenvalue weighted by atomic mass is 10.0. The highest BCUT2D eigenvalue weighted by Crippen LogP contribution is 2.23. The van der Waals surface area contributed by atoms with Gasteiger partial charge in [-0.3, -0.25) is 33.6 Å². The normalized spacial score (nSPS) is 23.5. The number of aliphatic hydroxyl groups excluding tert-OH is 1. The molecule has 0 spiro atoms. The zero-order valence-electron chi connectivity index (χ0n) is 29.3. The van der Waals surface area contributed by atoms with Crippen LogP contribution >= 0.6 is 0 Å². The fourth-order valence-corrected chi connectivity index (χ4v) is 6.44. The maximum atomic E-state index is 14.1. The number of amides is 7. The molecule has 3 aromatic rings. The number of phenols is 1. The fourth-order valence-electron chi connectivity index (χ4n) is 6.44. The van der Waals surface area contributed by atoms with E-state index in [1.165, 1.54) is 29.2 Å². The molecule has 5 atom stereocenters. The number of phenolic OH excluding ortho intramolecular Hbond substituents is 1. The first-order valence-electron chi connectivity index (χ1n) is 17.4. The van der Waals surface area contributed by atoms with Crippen molar-refractivity contribution in [1.29, 1.82) is 0 Å². The van der Waals surface area contributed by atoms with Gasteiger partial charge < -0.3 is 52.0 Å². The zero-order chi connectivity index (χ0) is 38.2. The summed E-state index contributed by atoms with van der Waals surface area (Å²) in [6.07, 6.45) is 0.903. The Morgan fingerprint density at radius 1 is 0.755 bits per heavy atom. The van der Waals surface area contributed by atoms with Crippen LogP contribution in [-0.2, 0) is 40.0 Å². The molecular formula is C36H44N8O9. The number of aromatic hydroxyl groups is 1. The van der Waals surface area contributed by atoms with Crippen LogP contribution in [0.3, 0.4) is 0 Å². The number of aliphatic hydroxyl groups is 1. The van der Waals surface area contributed by atoms with Crippen molar-refractivity contribution in [2.24, 2.45) is 5.92 Å². The number of benzene rings is 2. The number of hydrogen-bond acceptors (Lipinski definition) is 9. The molecule has 282 valence electrons. The predicted molar refractivity (Wildman–Crippen MR) is 189 cm³/mol. The number of H-pyrrole nitrogens is 1. The second-order valence-corrected chi connectivity index (χ2v) is 13.4. The molecule has 9 N–H and O–H groups in total. The van der Waals surface area contributed by atoms with Crippen molar-refractivity contribution in [3.05, 3.63) is 65.9 Å². The molecule has 0 radical (unpaired) electrons. The third kappa shape index (κ3) is 9.48. The lowest BCUT2D eigenvalue weighted by Gasteiger charge is -2.29. The highest BCUT2D eigenvalue weighted by molar-refractivity contribution is 5.97. The van der Waals surface area contributed by atoms with Gasteiger partial charge in [-0.1, -0.05) is 44.2 Å². The zero-order valence-corrected chi connectivity index (χ0v) is 29.3. The Hall–Kier alpha value is -5.97. The van der Waals surface area contributed by atoms with Gasteiger partial charge >= 0.3 is 0 Å². The standard InChI is InChI=1S/C36H44N8O9/c1-19(2)30-34(51)39-18-29(48)43-31(32(49)20-9-11-22(45)12-10-20)35(52)40-16-27(46)41-25(14-21-15-37-24-7-4-3-6-23(21)24)36(53)44-13-5-8-26(44)33(50)38-17-28(47)42-30/h3-4,6-7,9-12,15,19,25-26,30-32,37,45,49H,5,8,13-14,16-18H2,1-2H3,(H,38,50)(H,39,51)(H,40,52)(H,41,46)(H,42,47)(H,43,48)/t25-,26-,30+,31+,32-/m1/s1. The van der Waals surface area contributed by atoms with Crippen molar-refractivity contribution in [2.45, 2.75) is 63.4 Å². The lowest BCUT2D eigenvalue weighted by Crippen LogP contribution is -2.56. The number of aromatic nitrogens is 1. The van der Waals surface area contributed by atoms with E-state index in [1.807, 2.05) is 24.3 Å². The van der Waals surface area contributed by atoms with Crippen LogP contribution in [0.1, 0.15) is 43.9 Å². The molecule has 2 aliphatic heterocycles. The molecule has 3 heterocycles. The first-order chi connectivity index (χ1) is 25.3. The smallest absolute Gasteiger partial charge is 0.246 e. The van der Waals surface area contributed by atoms with Gasteiger partial charge in [-0.25, -0.2) is 0 Å². The molecule has 2 fully saturated rings. The van der Waals surface area contributed by atoms with Crippen molar-refractivity contribution < 1.29 is 43.8 Å². The summed E-state index contributed by atoms with van der Waals surface area (Å²) in [6, 6.07) is 7.76. The van der Waals surface area contributed by atoms with E-state index in [0.717, 1.165) is 10.9 Å². The number of aromatic amines is 1. The van der Waals surface area contributed by atoms with E-state index >= 15 is 0 Å². The number of carbonyl (C=O) groups is 7. The summed E-state index contributed by atoms with van der Waals surface area (Å²) >= 11 is 0. The third-order valence-electron chi connectivity index (χ3n) is 9.26. The Morgan fingerprint density at radius 2 is 1.34 bits per heavy atom. The van der Waals surface area contributed by atoms with Gasteiger partial charge in [-0.2, -0.15) is 0 Å². The molecule has 2 aliphatic rings. The summed E-state index contributed by atoms with van der Waals surface area (Å²) < 4.78 is 0. The van der Waals surface area contributed by atoms with Crippen LogP contribution in [0.15, 0.2) is 54.7 Å². The van der Waals surface area contributed by atoms with Crippen LogP contribution in [-0.4, -0.2) is 112 Å². The molecule has 5 rings (SSSR count). The summed E-state index contributed by atoms with van der Waals surface area (Å²) in [5, 5.41) is 36.7. The van der Waals surface area contributed by atoms with E-state index in [-0.39, 0.29) is 24.3 Å². The monoisotopic (exact) mass is 732 g/mol. The largest absolute Gasteiger partial charge is 0.508 e. The van der Waals surface area contributed by atoms with E-state index in [2.05, 4.69) is 36.9 Å². The summed E-state index contributed by atoms with van der Waals surface area (Å²) in [5.41, 5.74) is 1.68. The number of carbonyl (C=O) groups excluding carboxylic acids is 7. The van der Waals surface area contributed by atoms with Crippen molar-refractivity contribution >= 4 is 52.3 Å². The van der Waals surface area contributed by atoms with Crippen LogP contribution in [0.2, 0.25) is 0 Å². The topological polar surface area (TPSA) is 251 Å². The summed E-state index contributed by atoms with van der Waals surface area (Å²) in [4.78, 5) is 97.9. The molecular weight excluding hydrogens is 688 g/mol. The van der Waals surface area contributed by atoms with Gasteiger partial charge in [0.25, 0.3) is 0 Å². The Labute approximate surface area is 304 Å². The van der Waals surface area contributed by atoms with Crippen LogP contribution in [0.4, 0.5) is 0 Å². The molecule has 7 amide bonds. The number of hydrogen-bond donors (Lipinski definition) is 9. The lowest BCUT2D eigenvalue weighted by molar-refractivity contribution is -0.141. The molecule has 2 saturated heterocycles. The Balaban J connectivity index is 1.44. The van der Waals surface area contributed by atoms with Crippen molar-refractivity contribution in [3.63, 3.8) is 0 Å². The van der Waals surface area contributed by atoms with Crippen LogP contribution in [0.5, 0.6) is 5.75 Å². The summed E-state index contributed by atoms with van der Waals surface area (Å²) in [5.74, 6) is -5.68. The van der Waals surface area contributed by atoms with Gasteiger partial charge in [-0.05, 0) is 48.1 Å². The molecule has 0 saturated carbocycles. The average Bonchev–Trinajstić information content (AvgIpc) is 3.80. The van der Waals surface area contributed by atoms with Gasteiger partial charge in [0, 0.05) is 30.1 Å². The van der Waals surface area contributed by atoms with E-state index in [1.54, 1.807) is 20.0 Å². The van der Waals surface area contributed by atoms with Gasteiger partial charge in [0.1, 0.15) is 36.0 Å². The minimum absolute atomic E-state index is 0.0334. The maximum Gasteiger partial charge on any atom is 0.246 e. The highest BCUT2D eigenvalue weighted by atomic mass is 16.3. The minimum Gasteiger partial charge on any atom is -0.508 e. The number of para-hydroxylation sites is 1.